The number of aromatic nitrogens is 2. The highest BCUT2D eigenvalue weighted by Crippen LogP contribution is 2.38. The highest BCUT2D eigenvalue weighted by atomic mass is 16.6. The van der Waals surface area contributed by atoms with Gasteiger partial charge in [-0.1, -0.05) is 24.3 Å². The quantitative estimate of drug-likeness (QED) is 0.133. The topological polar surface area (TPSA) is 134 Å². The Balaban J connectivity index is 1.45. The molecule has 0 spiro atoms. The van der Waals surface area contributed by atoms with Gasteiger partial charge in [0, 0.05) is 53.4 Å². The van der Waals surface area contributed by atoms with Crippen molar-refractivity contribution in [3.8, 4) is 23.1 Å². The predicted octanol–water partition coefficient (Wildman–Crippen LogP) is 6.52. The molecule has 0 unspecified atom stereocenters. The normalized spacial score (nSPS) is 11.3. The second-order valence-corrected chi connectivity index (χ2v) is 10.8. The number of nitrogens with zero attached hydrogens (tertiary/aromatic N) is 3. The maximum absolute atomic E-state index is 12.2. The summed E-state index contributed by atoms with van der Waals surface area (Å²) in [6.07, 6.45) is 0.361. The molecule has 0 radical (unpaired) electrons. The summed E-state index contributed by atoms with van der Waals surface area (Å²) in [5.41, 5.74) is 0.604. The van der Waals surface area contributed by atoms with Crippen molar-refractivity contribution in [3.63, 3.8) is 0 Å². The number of carbonyl (C=O) groups is 1. The number of anilines is 3. The first-order valence-electron chi connectivity index (χ1n) is 14.5. The maximum atomic E-state index is 12.2. The van der Waals surface area contributed by atoms with Crippen molar-refractivity contribution >= 4 is 34.1 Å². The number of nitrogens with one attached hydrogen (secondary N) is 1. The van der Waals surface area contributed by atoms with Gasteiger partial charge in [0.25, 0.3) is 0 Å². The minimum Gasteiger partial charge on any atom is -0.497 e. The molecule has 1 amide bonds. The molecule has 2 N–H and O–H groups in total. The average molecular weight is 621 g/mol. The van der Waals surface area contributed by atoms with Crippen molar-refractivity contribution in [2.24, 2.45) is 0 Å². The van der Waals surface area contributed by atoms with E-state index in [1.54, 1.807) is 38.5 Å². The van der Waals surface area contributed by atoms with Crippen molar-refractivity contribution in [2.45, 2.75) is 26.3 Å². The number of benzene rings is 3. The molecule has 0 aliphatic heterocycles. The van der Waals surface area contributed by atoms with Gasteiger partial charge in [-0.2, -0.15) is 0 Å². The van der Waals surface area contributed by atoms with E-state index in [9.17, 15) is 9.90 Å². The zero-order chi connectivity index (χ0) is 32.2. The van der Waals surface area contributed by atoms with E-state index in [2.05, 4.69) is 15.3 Å². The van der Waals surface area contributed by atoms with Crippen LogP contribution >= 0.6 is 0 Å². The fraction of sp³-hybridized carbons (Fsp3) is 0.364. The highest BCUT2D eigenvalue weighted by Gasteiger charge is 2.29. The lowest BCUT2D eigenvalue weighted by Crippen LogP contribution is -2.45. The van der Waals surface area contributed by atoms with Crippen molar-refractivity contribution in [1.82, 2.24) is 9.97 Å². The number of hydrogen-bond acceptors (Lipinski definition) is 10. The van der Waals surface area contributed by atoms with Crippen LogP contribution in [-0.2, 0) is 14.2 Å². The molecule has 12 nitrogen and oxygen atoms in total. The number of rotatable bonds is 16. The van der Waals surface area contributed by atoms with Crippen LogP contribution in [0.25, 0.3) is 10.8 Å². The van der Waals surface area contributed by atoms with Crippen LogP contribution in [0.4, 0.5) is 22.0 Å². The van der Waals surface area contributed by atoms with E-state index in [4.69, 9.17) is 28.4 Å². The van der Waals surface area contributed by atoms with Crippen LogP contribution in [0.1, 0.15) is 20.8 Å². The Labute approximate surface area is 262 Å². The third-order valence-corrected chi connectivity index (χ3v) is 6.51. The van der Waals surface area contributed by atoms with E-state index in [1.165, 1.54) is 11.2 Å². The number of methoxy groups -OCH3 is 2. The fourth-order valence-corrected chi connectivity index (χ4v) is 4.54. The predicted molar refractivity (Wildman–Crippen MR) is 172 cm³/mol. The van der Waals surface area contributed by atoms with Crippen LogP contribution in [0.5, 0.6) is 23.1 Å². The van der Waals surface area contributed by atoms with Gasteiger partial charge in [-0.25, -0.2) is 14.8 Å². The zero-order valence-electron chi connectivity index (χ0n) is 26.2. The number of carboxylic acid groups (broad SMARTS) is 1. The van der Waals surface area contributed by atoms with Crippen molar-refractivity contribution in [1.29, 1.82) is 0 Å². The summed E-state index contributed by atoms with van der Waals surface area (Å²) in [5.74, 6) is 2.52. The summed E-state index contributed by atoms with van der Waals surface area (Å²) < 4.78 is 33.4. The summed E-state index contributed by atoms with van der Waals surface area (Å²) in [6, 6.07) is 18.1. The lowest BCUT2D eigenvalue weighted by Gasteiger charge is -2.34. The third-order valence-electron chi connectivity index (χ3n) is 6.51. The summed E-state index contributed by atoms with van der Waals surface area (Å²) in [7, 11) is 3.21. The van der Waals surface area contributed by atoms with Crippen LogP contribution < -0.4 is 24.4 Å². The van der Waals surface area contributed by atoms with E-state index in [0.717, 1.165) is 10.8 Å². The number of hydrogen-bond donors (Lipinski definition) is 2. The fourth-order valence-electron chi connectivity index (χ4n) is 4.54. The first kappa shape index (κ1) is 33.2. The molecule has 0 saturated carbocycles. The molecular formula is C33H40N4O8. The van der Waals surface area contributed by atoms with Gasteiger partial charge in [-0.15, -0.1) is 0 Å². The maximum Gasteiger partial charge on any atom is 0.412 e. The molecule has 1 heterocycles. The van der Waals surface area contributed by atoms with Crippen molar-refractivity contribution < 1.29 is 38.3 Å². The standard InChI is InChI=1S/C33H40N4O8/c1-33(2,3)37(32(38)39)28-10-11-29(27-9-7-6-8-26(27)28)45-31-21-30(34-22-35-31)36-23-18-24(41-5)20-25(19-23)44-17-16-43-15-14-42-13-12-40-4/h6-11,18-22H,12-17H2,1-5H3,(H,38,39)(H,34,35,36). The van der Waals surface area contributed by atoms with Gasteiger partial charge >= 0.3 is 6.09 Å². The first-order chi connectivity index (χ1) is 21.7. The monoisotopic (exact) mass is 620 g/mol. The Hall–Kier alpha value is -4.65. The number of fused-ring (bicyclic) bond motifs is 1. The lowest BCUT2D eigenvalue weighted by molar-refractivity contribution is 0.0179. The van der Waals surface area contributed by atoms with E-state index in [1.807, 2.05) is 57.2 Å². The minimum atomic E-state index is -1.04. The second-order valence-electron chi connectivity index (χ2n) is 10.8. The largest absolute Gasteiger partial charge is 0.497 e. The van der Waals surface area contributed by atoms with E-state index in [0.29, 0.717) is 80.0 Å². The van der Waals surface area contributed by atoms with Gasteiger partial charge in [-0.3, -0.25) is 4.90 Å². The van der Waals surface area contributed by atoms with Crippen molar-refractivity contribution in [2.75, 3.05) is 64.1 Å². The second kappa shape index (κ2) is 15.9. The van der Waals surface area contributed by atoms with E-state index < -0.39 is 11.6 Å². The molecule has 0 bridgehead atoms. The Bertz CT molecular complexity index is 1560. The number of ether oxygens (including phenoxy) is 6. The van der Waals surface area contributed by atoms with Crippen LogP contribution in [0.15, 0.2) is 67.0 Å². The first-order valence-corrected chi connectivity index (χ1v) is 14.5. The SMILES string of the molecule is COCCOCCOCCOc1cc(Nc2cc(Oc3ccc(N(C(=O)O)C(C)(C)C)c4ccccc34)ncn2)cc(OC)c1. The molecule has 0 aliphatic rings. The molecule has 240 valence electrons. The van der Waals surface area contributed by atoms with E-state index >= 15 is 0 Å². The molecule has 0 atom stereocenters. The molecule has 12 heteroatoms. The molecular weight excluding hydrogens is 580 g/mol. The summed E-state index contributed by atoms with van der Waals surface area (Å²) in [6.45, 7) is 8.35. The Morgan fingerprint density at radius 3 is 2.22 bits per heavy atom. The van der Waals surface area contributed by atoms with Gasteiger partial charge in [0.2, 0.25) is 5.88 Å². The summed E-state index contributed by atoms with van der Waals surface area (Å²) in [4.78, 5) is 22.2. The van der Waals surface area contributed by atoms with Gasteiger partial charge < -0.3 is 38.8 Å². The minimum absolute atomic E-state index is 0.305. The van der Waals surface area contributed by atoms with Gasteiger partial charge in [0.1, 0.15) is 36.0 Å². The smallest absolute Gasteiger partial charge is 0.412 e. The van der Waals surface area contributed by atoms with Gasteiger partial charge in [-0.05, 0) is 32.9 Å². The highest BCUT2D eigenvalue weighted by molar-refractivity contribution is 6.04. The third kappa shape index (κ3) is 9.42. The molecule has 0 fully saturated rings. The summed E-state index contributed by atoms with van der Waals surface area (Å²) >= 11 is 0. The number of amides is 1. The van der Waals surface area contributed by atoms with Gasteiger partial charge in [0.05, 0.1) is 45.8 Å². The van der Waals surface area contributed by atoms with Crippen molar-refractivity contribution in [3.05, 3.63) is 67.0 Å². The van der Waals surface area contributed by atoms with Crippen LogP contribution in [-0.4, -0.2) is 80.6 Å². The Morgan fingerprint density at radius 1 is 0.844 bits per heavy atom. The molecule has 0 saturated heterocycles. The lowest BCUT2D eigenvalue weighted by atomic mass is 10.0. The van der Waals surface area contributed by atoms with Crippen LogP contribution in [0, 0.1) is 0 Å². The Morgan fingerprint density at radius 2 is 1.53 bits per heavy atom. The van der Waals surface area contributed by atoms with Crippen LogP contribution in [0.2, 0.25) is 0 Å². The van der Waals surface area contributed by atoms with E-state index in [-0.39, 0.29) is 0 Å². The molecule has 45 heavy (non-hydrogen) atoms. The molecule has 0 aliphatic carbocycles. The van der Waals surface area contributed by atoms with Crippen LogP contribution in [0.3, 0.4) is 0 Å². The van der Waals surface area contributed by atoms with Gasteiger partial charge in [0.15, 0.2) is 0 Å². The molecule has 4 aromatic rings. The average Bonchev–Trinajstić information content (AvgIpc) is 3.00. The zero-order valence-corrected chi connectivity index (χ0v) is 26.2. The Kier molecular flexibility index (Phi) is 11.7. The molecule has 1 aromatic heterocycles. The molecule has 3 aromatic carbocycles. The summed E-state index contributed by atoms with van der Waals surface area (Å²) in [5, 5.41) is 14.7. The molecule has 4 rings (SSSR count).